The van der Waals surface area contributed by atoms with E-state index in [4.69, 9.17) is 4.74 Å². The normalized spacial score (nSPS) is 12.5. The zero-order valence-electron chi connectivity index (χ0n) is 10.3. The minimum absolute atomic E-state index is 0.0184. The Hall–Kier alpha value is -1.16. The molecule has 0 aliphatic heterocycles. The van der Waals surface area contributed by atoms with E-state index in [1.807, 2.05) is 6.92 Å². The van der Waals surface area contributed by atoms with Gasteiger partial charge in [0.05, 0.1) is 0 Å². The van der Waals surface area contributed by atoms with Crippen molar-refractivity contribution >= 4 is 0 Å². The lowest BCUT2D eigenvalue weighted by atomic mass is 10.2. The van der Waals surface area contributed by atoms with Gasteiger partial charge < -0.3 is 10.1 Å². The second-order valence-corrected chi connectivity index (χ2v) is 3.93. The quantitative estimate of drug-likeness (QED) is 0.743. The summed E-state index contributed by atoms with van der Waals surface area (Å²) in [7, 11) is 0. The summed E-state index contributed by atoms with van der Waals surface area (Å²) in [5.41, 5.74) is 0. The molecule has 0 aromatic heterocycles. The second-order valence-electron chi connectivity index (χ2n) is 3.93. The first kappa shape index (κ1) is 13.9. The summed E-state index contributed by atoms with van der Waals surface area (Å²) in [4.78, 5) is 0. The molecule has 17 heavy (non-hydrogen) atoms. The van der Waals surface area contributed by atoms with E-state index < -0.39 is 11.6 Å². The van der Waals surface area contributed by atoms with Crippen molar-refractivity contribution in [2.75, 3.05) is 13.1 Å². The topological polar surface area (TPSA) is 21.3 Å². The van der Waals surface area contributed by atoms with Gasteiger partial charge in [0.1, 0.15) is 11.9 Å². The van der Waals surface area contributed by atoms with E-state index in [-0.39, 0.29) is 11.9 Å². The number of hydrogen-bond donors (Lipinski definition) is 1. The fraction of sp³-hybridized carbons (Fsp3) is 0.538. The Balaban J connectivity index is 2.57. The van der Waals surface area contributed by atoms with Gasteiger partial charge in [-0.3, -0.25) is 0 Å². The van der Waals surface area contributed by atoms with Crippen molar-refractivity contribution in [3.8, 4) is 5.75 Å². The molecule has 1 rings (SSSR count). The average Bonchev–Trinajstić information content (AvgIpc) is 2.32. The summed E-state index contributed by atoms with van der Waals surface area (Å²) < 4.78 is 31.7. The first-order chi connectivity index (χ1) is 8.17. The summed E-state index contributed by atoms with van der Waals surface area (Å²) in [5, 5.41) is 3.20. The highest BCUT2D eigenvalue weighted by atomic mass is 19.1. The van der Waals surface area contributed by atoms with Crippen LogP contribution >= 0.6 is 0 Å². The van der Waals surface area contributed by atoms with Gasteiger partial charge in [0, 0.05) is 12.6 Å². The van der Waals surface area contributed by atoms with E-state index in [0.29, 0.717) is 6.54 Å². The third-order valence-corrected chi connectivity index (χ3v) is 2.44. The summed E-state index contributed by atoms with van der Waals surface area (Å²) in [6, 6.07) is 3.24. The van der Waals surface area contributed by atoms with E-state index in [2.05, 4.69) is 12.2 Å². The first-order valence-corrected chi connectivity index (χ1v) is 5.99. The average molecular weight is 243 g/mol. The van der Waals surface area contributed by atoms with Crippen LogP contribution in [0.15, 0.2) is 18.2 Å². The molecule has 1 N–H and O–H groups in total. The van der Waals surface area contributed by atoms with E-state index in [9.17, 15) is 8.78 Å². The smallest absolute Gasteiger partial charge is 0.165 e. The van der Waals surface area contributed by atoms with Crippen LogP contribution in [0.2, 0.25) is 0 Å². The van der Waals surface area contributed by atoms with Crippen molar-refractivity contribution in [2.24, 2.45) is 0 Å². The van der Waals surface area contributed by atoms with Crippen LogP contribution in [0.1, 0.15) is 26.7 Å². The summed E-state index contributed by atoms with van der Waals surface area (Å²) >= 11 is 0. The van der Waals surface area contributed by atoms with Gasteiger partial charge in [0.2, 0.25) is 0 Å². The monoisotopic (exact) mass is 243 g/mol. The maximum absolute atomic E-state index is 13.3. The summed E-state index contributed by atoms with van der Waals surface area (Å²) in [6.45, 7) is 5.56. The first-order valence-electron chi connectivity index (χ1n) is 5.99. The van der Waals surface area contributed by atoms with Crippen LogP contribution in [0.25, 0.3) is 0 Å². The predicted octanol–water partition coefficient (Wildman–Crippen LogP) is 3.12. The molecule has 0 amide bonds. The summed E-state index contributed by atoms with van der Waals surface area (Å²) in [6.07, 6.45) is 1.63. The Kier molecular flexibility index (Phi) is 5.91. The molecule has 1 atom stereocenters. The molecule has 0 bridgehead atoms. The third-order valence-electron chi connectivity index (χ3n) is 2.44. The molecule has 0 saturated heterocycles. The number of ether oxygens (including phenoxy) is 1. The number of nitrogens with one attached hydrogen (secondary N) is 1. The van der Waals surface area contributed by atoms with Crippen LogP contribution in [0.4, 0.5) is 8.78 Å². The van der Waals surface area contributed by atoms with Crippen molar-refractivity contribution < 1.29 is 13.5 Å². The Morgan fingerprint density at radius 2 is 2.06 bits per heavy atom. The molecule has 0 spiro atoms. The molecule has 1 aromatic rings. The van der Waals surface area contributed by atoms with Gasteiger partial charge in [-0.25, -0.2) is 8.78 Å². The minimum Gasteiger partial charge on any atom is -0.486 e. The van der Waals surface area contributed by atoms with Crippen molar-refractivity contribution in [1.29, 1.82) is 0 Å². The van der Waals surface area contributed by atoms with Gasteiger partial charge in [-0.1, -0.05) is 13.8 Å². The van der Waals surface area contributed by atoms with Gasteiger partial charge in [0.15, 0.2) is 11.6 Å². The molecule has 1 unspecified atom stereocenters. The maximum Gasteiger partial charge on any atom is 0.165 e. The van der Waals surface area contributed by atoms with Crippen LogP contribution in [0, 0.1) is 11.6 Å². The van der Waals surface area contributed by atoms with E-state index in [1.54, 1.807) is 0 Å². The Labute approximate surface area is 101 Å². The maximum atomic E-state index is 13.3. The van der Waals surface area contributed by atoms with Crippen LogP contribution < -0.4 is 10.1 Å². The van der Waals surface area contributed by atoms with Crippen LogP contribution in [-0.4, -0.2) is 19.2 Å². The molecule has 1 aromatic carbocycles. The third kappa shape index (κ3) is 4.69. The second kappa shape index (κ2) is 7.22. The standard InChI is InChI=1S/C13H19F2NO/c1-3-7-16-9-11(4-2)17-13-8-10(14)5-6-12(13)15/h5-6,8,11,16H,3-4,7,9H2,1-2H3. The van der Waals surface area contributed by atoms with Crippen LogP contribution in [0.5, 0.6) is 5.75 Å². The van der Waals surface area contributed by atoms with Gasteiger partial charge in [-0.2, -0.15) is 0 Å². The van der Waals surface area contributed by atoms with E-state index >= 15 is 0 Å². The zero-order valence-corrected chi connectivity index (χ0v) is 10.3. The van der Waals surface area contributed by atoms with Gasteiger partial charge in [0.25, 0.3) is 0 Å². The predicted molar refractivity (Wildman–Crippen MR) is 64.2 cm³/mol. The Morgan fingerprint density at radius 3 is 2.71 bits per heavy atom. The number of rotatable bonds is 7. The molecule has 96 valence electrons. The molecule has 2 nitrogen and oxygen atoms in total. The fourth-order valence-corrected chi connectivity index (χ4v) is 1.46. The lowest BCUT2D eigenvalue weighted by Crippen LogP contribution is -2.31. The van der Waals surface area contributed by atoms with Crippen molar-refractivity contribution in [1.82, 2.24) is 5.32 Å². The molecule has 0 radical (unpaired) electrons. The molecular weight excluding hydrogens is 224 g/mol. The van der Waals surface area contributed by atoms with Crippen molar-refractivity contribution in [3.05, 3.63) is 29.8 Å². The lowest BCUT2D eigenvalue weighted by Gasteiger charge is -2.18. The molecule has 0 saturated carbocycles. The van der Waals surface area contributed by atoms with Gasteiger partial charge in [-0.15, -0.1) is 0 Å². The number of hydrogen-bond acceptors (Lipinski definition) is 2. The lowest BCUT2D eigenvalue weighted by molar-refractivity contribution is 0.184. The van der Waals surface area contributed by atoms with E-state index in [1.165, 1.54) is 0 Å². The van der Waals surface area contributed by atoms with Crippen LogP contribution in [-0.2, 0) is 0 Å². The molecule has 0 aliphatic rings. The highest BCUT2D eigenvalue weighted by Crippen LogP contribution is 2.19. The van der Waals surface area contributed by atoms with Crippen LogP contribution in [0.3, 0.4) is 0 Å². The van der Waals surface area contributed by atoms with Crippen molar-refractivity contribution in [3.63, 3.8) is 0 Å². The molecule has 4 heteroatoms. The highest BCUT2D eigenvalue weighted by molar-refractivity contribution is 5.25. The fourth-order valence-electron chi connectivity index (χ4n) is 1.46. The van der Waals surface area contributed by atoms with E-state index in [0.717, 1.165) is 37.6 Å². The number of benzene rings is 1. The number of halogens is 2. The molecule has 0 fully saturated rings. The summed E-state index contributed by atoms with van der Waals surface area (Å²) in [5.74, 6) is -1.03. The molecular formula is C13H19F2NO. The van der Waals surface area contributed by atoms with Gasteiger partial charge in [-0.05, 0) is 31.5 Å². The molecule has 0 heterocycles. The Morgan fingerprint density at radius 1 is 1.29 bits per heavy atom. The largest absolute Gasteiger partial charge is 0.486 e. The zero-order chi connectivity index (χ0) is 12.7. The SMILES string of the molecule is CCCNCC(CC)Oc1cc(F)ccc1F. The van der Waals surface area contributed by atoms with Gasteiger partial charge >= 0.3 is 0 Å². The van der Waals surface area contributed by atoms with Crippen molar-refractivity contribution in [2.45, 2.75) is 32.8 Å². The highest BCUT2D eigenvalue weighted by Gasteiger charge is 2.11. The Bertz CT molecular complexity index is 344. The molecule has 0 aliphatic carbocycles. The minimum atomic E-state index is -0.527.